The van der Waals surface area contributed by atoms with Crippen molar-refractivity contribution in [3.8, 4) is 0 Å². The maximum Gasteiger partial charge on any atom is 0.153 e. The van der Waals surface area contributed by atoms with Crippen LogP contribution in [0.1, 0.15) is 12.8 Å². The first-order valence-corrected chi connectivity index (χ1v) is 6.30. The highest BCUT2D eigenvalue weighted by Crippen LogP contribution is 2.19. The van der Waals surface area contributed by atoms with Crippen molar-refractivity contribution in [1.29, 1.82) is 0 Å². The average molecular weight is 219 g/mol. The summed E-state index contributed by atoms with van der Waals surface area (Å²) in [6, 6.07) is 0. The van der Waals surface area contributed by atoms with Crippen LogP contribution in [0, 0.1) is 5.92 Å². The van der Waals surface area contributed by atoms with Gasteiger partial charge < -0.3 is 5.73 Å². The van der Waals surface area contributed by atoms with Gasteiger partial charge in [-0.25, -0.2) is 0 Å². The Hall–Kier alpha value is 0.210. The molecule has 0 amide bonds. The van der Waals surface area contributed by atoms with Gasteiger partial charge >= 0.3 is 0 Å². The Labute approximate surface area is 86.8 Å². The number of rotatable bonds is 2. The molecule has 0 radical (unpaired) electrons. The van der Waals surface area contributed by atoms with E-state index in [2.05, 4.69) is 19.1 Å². The van der Waals surface area contributed by atoms with Crippen LogP contribution in [0.25, 0.3) is 0 Å². The summed E-state index contributed by atoms with van der Waals surface area (Å²) in [7, 11) is 2.75. The second kappa shape index (κ2) is 5.84. The first-order chi connectivity index (χ1) is 6.22. The van der Waals surface area contributed by atoms with Gasteiger partial charge in [0.2, 0.25) is 0 Å². The molecule has 13 heavy (non-hydrogen) atoms. The molecule has 76 valence electrons. The summed E-state index contributed by atoms with van der Waals surface area (Å²) in [5.41, 5.74) is 5.62. The van der Waals surface area contributed by atoms with Crippen molar-refractivity contribution in [3.63, 3.8) is 0 Å². The van der Waals surface area contributed by atoms with Crippen LogP contribution < -0.4 is 5.73 Å². The summed E-state index contributed by atoms with van der Waals surface area (Å²) in [5.74, 6) is 0.738. The number of nitrogens with two attached hydrogens (primary N) is 1. The number of amidine groups is 1. The monoisotopic (exact) mass is 219 g/mol. The number of hydrogen-bond donors (Lipinski definition) is 1. The highest BCUT2D eigenvalue weighted by atomic mass is 32.2. The molecule has 0 aromatic rings. The largest absolute Gasteiger partial charge is 0.379 e. The molecule has 1 rings (SSSR count). The minimum absolute atomic E-state index is 0.716. The Morgan fingerprint density at radius 2 is 2.23 bits per heavy atom. The topological polar surface area (TPSA) is 41.6 Å². The Balaban J connectivity index is 2.23. The summed E-state index contributed by atoms with van der Waals surface area (Å²) < 4.78 is 2.29. The van der Waals surface area contributed by atoms with Crippen molar-refractivity contribution >= 4 is 26.3 Å². The summed E-state index contributed by atoms with van der Waals surface area (Å²) in [4.78, 5) is 4.32. The van der Waals surface area contributed by atoms with Crippen LogP contribution in [0.15, 0.2) is 4.99 Å². The van der Waals surface area contributed by atoms with Crippen LogP contribution in [0.2, 0.25) is 0 Å². The molecule has 1 unspecified atom stereocenters. The van der Waals surface area contributed by atoms with Crippen LogP contribution in [0.4, 0.5) is 0 Å². The van der Waals surface area contributed by atoms with Crippen molar-refractivity contribution in [2.24, 2.45) is 16.6 Å². The van der Waals surface area contributed by atoms with E-state index in [9.17, 15) is 0 Å². The van der Waals surface area contributed by atoms with E-state index < -0.39 is 0 Å². The van der Waals surface area contributed by atoms with Gasteiger partial charge in [0.25, 0.3) is 0 Å². The summed E-state index contributed by atoms with van der Waals surface area (Å²) in [5, 5.41) is 0.716. The molecule has 0 bridgehead atoms. The predicted molar refractivity (Wildman–Crippen MR) is 64.0 cm³/mol. The molecular weight excluding hydrogens is 201 g/mol. The molecule has 2 N–H and O–H groups in total. The fourth-order valence-corrected chi connectivity index (χ4v) is 1.92. The van der Waals surface area contributed by atoms with E-state index in [1.165, 1.54) is 37.7 Å². The van der Waals surface area contributed by atoms with Gasteiger partial charge in [-0.05, 0) is 25.0 Å². The Bertz CT molecular complexity index is 178. The fourth-order valence-electron chi connectivity index (χ4n) is 1.42. The lowest BCUT2D eigenvalue weighted by molar-refractivity contribution is 0.296. The van der Waals surface area contributed by atoms with Crippen LogP contribution in [-0.4, -0.2) is 35.7 Å². The molecular formula is C8H18N3PS. The standard InChI is InChI=1S/C8H18N3PS/c1-13-8(9)10-6-7-2-4-11(12)5-3-7/h7H,2-6,12H2,1H3,(H2,9,10). The maximum absolute atomic E-state index is 5.62. The Morgan fingerprint density at radius 3 is 2.77 bits per heavy atom. The quantitative estimate of drug-likeness (QED) is 0.430. The third-order valence-corrected chi connectivity index (χ3v) is 3.43. The molecule has 0 spiro atoms. The van der Waals surface area contributed by atoms with Gasteiger partial charge in [-0.3, -0.25) is 9.66 Å². The van der Waals surface area contributed by atoms with Gasteiger partial charge in [-0.2, -0.15) is 0 Å². The molecule has 1 atom stereocenters. The van der Waals surface area contributed by atoms with E-state index in [1.54, 1.807) is 0 Å². The van der Waals surface area contributed by atoms with Crippen molar-refractivity contribution in [3.05, 3.63) is 0 Å². The van der Waals surface area contributed by atoms with Crippen LogP contribution in [0.5, 0.6) is 0 Å². The minimum atomic E-state index is 0.716. The first-order valence-electron chi connectivity index (χ1n) is 4.56. The number of thioether (sulfide) groups is 1. The van der Waals surface area contributed by atoms with Gasteiger partial charge in [-0.1, -0.05) is 21.2 Å². The molecule has 1 fully saturated rings. The molecule has 3 nitrogen and oxygen atoms in total. The van der Waals surface area contributed by atoms with Crippen molar-refractivity contribution in [2.45, 2.75) is 12.8 Å². The molecule has 0 aromatic carbocycles. The molecule has 1 heterocycles. The number of hydrogen-bond acceptors (Lipinski definition) is 3. The normalized spacial score (nSPS) is 22.2. The fraction of sp³-hybridized carbons (Fsp3) is 0.875. The zero-order valence-electron chi connectivity index (χ0n) is 8.07. The molecule has 0 aromatic heterocycles. The van der Waals surface area contributed by atoms with E-state index >= 15 is 0 Å². The first kappa shape index (κ1) is 11.3. The van der Waals surface area contributed by atoms with Gasteiger partial charge in [-0.15, -0.1) is 0 Å². The maximum atomic E-state index is 5.62. The van der Waals surface area contributed by atoms with E-state index in [0.29, 0.717) is 5.17 Å². The van der Waals surface area contributed by atoms with Crippen molar-refractivity contribution in [2.75, 3.05) is 25.9 Å². The van der Waals surface area contributed by atoms with E-state index in [4.69, 9.17) is 5.73 Å². The van der Waals surface area contributed by atoms with Gasteiger partial charge in [0, 0.05) is 19.6 Å². The number of piperidine rings is 1. The molecule has 1 saturated heterocycles. The smallest absolute Gasteiger partial charge is 0.153 e. The van der Waals surface area contributed by atoms with Crippen LogP contribution in [0.3, 0.4) is 0 Å². The van der Waals surface area contributed by atoms with Crippen LogP contribution in [-0.2, 0) is 0 Å². The van der Waals surface area contributed by atoms with Gasteiger partial charge in [0.15, 0.2) is 5.17 Å². The minimum Gasteiger partial charge on any atom is -0.379 e. The lowest BCUT2D eigenvalue weighted by Gasteiger charge is -2.27. The summed E-state index contributed by atoms with van der Waals surface area (Å²) in [6.45, 7) is 3.25. The zero-order chi connectivity index (χ0) is 9.68. The SMILES string of the molecule is CSC(N)=NCC1CCN(P)CC1. The highest BCUT2D eigenvalue weighted by Gasteiger charge is 2.15. The third-order valence-electron chi connectivity index (χ3n) is 2.36. The second-order valence-electron chi connectivity index (χ2n) is 3.36. The number of aliphatic imine (C=N–C) groups is 1. The Kier molecular flexibility index (Phi) is 5.07. The Morgan fingerprint density at radius 1 is 1.62 bits per heavy atom. The lowest BCUT2D eigenvalue weighted by atomic mass is 9.98. The zero-order valence-corrected chi connectivity index (χ0v) is 10.0. The molecule has 5 heteroatoms. The van der Waals surface area contributed by atoms with E-state index in [1.807, 2.05) is 6.26 Å². The van der Waals surface area contributed by atoms with Crippen molar-refractivity contribution in [1.82, 2.24) is 4.67 Å². The molecule has 0 saturated carbocycles. The predicted octanol–water partition coefficient (Wildman–Crippen LogP) is 1.17. The third kappa shape index (κ3) is 4.30. The lowest BCUT2D eigenvalue weighted by Crippen LogP contribution is -2.27. The molecule has 0 aliphatic carbocycles. The summed E-state index contributed by atoms with van der Waals surface area (Å²) >= 11 is 1.53. The second-order valence-corrected chi connectivity index (χ2v) is 4.92. The van der Waals surface area contributed by atoms with E-state index in [0.717, 1.165) is 12.5 Å². The van der Waals surface area contributed by atoms with Gasteiger partial charge in [0.1, 0.15) is 0 Å². The highest BCUT2D eigenvalue weighted by molar-refractivity contribution is 8.13. The number of nitrogens with zero attached hydrogens (tertiary/aromatic N) is 2. The average Bonchev–Trinajstić information content (AvgIpc) is 2.16. The molecule has 1 aliphatic heterocycles. The molecule has 1 aliphatic rings. The van der Waals surface area contributed by atoms with E-state index in [-0.39, 0.29) is 0 Å². The summed E-state index contributed by atoms with van der Waals surface area (Å²) in [6.07, 6.45) is 4.45. The van der Waals surface area contributed by atoms with Crippen LogP contribution >= 0.6 is 21.2 Å². The van der Waals surface area contributed by atoms with Gasteiger partial charge in [0.05, 0.1) is 0 Å². The van der Waals surface area contributed by atoms with Crippen molar-refractivity contribution < 1.29 is 0 Å².